The summed E-state index contributed by atoms with van der Waals surface area (Å²) >= 11 is 6.16. The molecule has 0 aliphatic carbocycles. The number of ether oxygens (including phenoxy) is 1. The van der Waals surface area contributed by atoms with Crippen LogP contribution in [0.4, 0.5) is 5.69 Å². The molecule has 1 heterocycles. The van der Waals surface area contributed by atoms with Gasteiger partial charge in [-0.3, -0.25) is 0 Å². The van der Waals surface area contributed by atoms with Crippen molar-refractivity contribution in [2.24, 2.45) is 0 Å². The minimum absolute atomic E-state index is 0.143. The molecule has 2 rings (SSSR count). The zero-order valence-electron chi connectivity index (χ0n) is 10.4. The highest BCUT2D eigenvalue weighted by Gasteiger charge is 2.24. The van der Waals surface area contributed by atoms with Crippen molar-refractivity contribution in [3.63, 3.8) is 0 Å². The standard InChI is InChI=1S/C13H16ClNO3/c1-8-6-15(7-9(2)18-8)12-4-3-10(13(16)17)5-11(12)14/h3-5,8-9H,6-7H2,1-2H3,(H,16,17). The second-order valence-corrected chi connectivity index (χ2v) is 5.04. The lowest BCUT2D eigenvalue weighted by Gasteiger charge is -2.37. The first-order chi connectivity index (χ1) is 8.47. The van der Waals surface area contributed by atoms with Crippen LogP contribution < -0.4 is 4.90 Å². The average molecular weight is 270 g/mol. The highest BCUT2D eigenvalue weighted by Crippen LogP contribution is 2.29. The Hall–Kier alpha value is -1.26. The van der Waals surface area contributed by atoms with E-state index in [2.05, 4.69) is 4.90 Å². The molecule has 1 N–H and O–H groups in total. The summed E-state index contributed by atoms with van der Waals surface area (Å²) in [5.41, 5.74) is 1.07. The summed E-state index contributed by atoms with van der Waals surface area (Å²) in [7, 11) is 0. The molecular formula is C13H16ClNO3. The lowest BCUT2D eigenvalue weighted by Crippen LogP contribution is -2.45. The van der Waals surface area contributed by atoms with E-state index < -0.39 is 5.97 Å². The fourth-order valence-electron chi connectivity index (χ4n) is 2.27. The van der Waals surface area contributed by atoms with Crippen LogP contribution in [0.1, 0.15) is 24.2 Å². The Kier molecular flexibility index (Phi) is 3.78. The van der Waals surface area contributed by atoms with Crippen LogP contribution in [0, 0.1) is 0 Å². The number of morpholine rings is 1. The molecule has 0 amide bonds. The Morgan fingerprint density at radius 1 is 1.39 bits per heavy atom. The summed E-state index contributed by atoms with van der Waals surface area (Å²) in [6.07, 6.45) is 0.285. The Bertz CT molecular complexity index is 454. The van der Waals surface area contributed by atoms with Gasteiger partial charge in [-0.2, -0.15) is 0 Å². The third kappa shape index (κ3) is 2.76. The van der Waals surface area contributed by atoms with E-state index in [0.717, 1.165) is 18.8 Å². The number of nitrogens with zero attached hydrogens (tertiary/aromatic N) is 1. The van der Waals surface area contributed by atoms with Crippen molar-refractivity contribution in [1.82, 2.24) is 0 Å². The van der Waals surface area contributed by atoms with Crippen molar-refractivity contribution in [2.45, 2.75) is 26.1 Å². The van der Waals surface area contributed by atoms with E-state index in [1.807, 2.05) is 13.8 Å². The number of halogens is 1. The van der Waals surface area contributed by atoms with E-state index in [0.29, 0.717) is 5.02 Å². The van der Waals surface area contributed by atoms with Crippen LogP contribution in [0.2, 0.25) is 5.02 Å². The minimum atomic E-state index is -0.966. The van der Waals surface area contributed by atoms with Gasteiger partial charge in [-0.05, 0) is 32.0 Å². The molecule has 1 aromatic carbocycles. The fourth-order valence-corrected chi connectivity index (χ4v) is 2.57. The van der Waals surface area contributed by atoms with Gasteiger partial charge in [0.05, 0.1) is 28.5 Å². The third-order valence-electron chi connectivity index (χ3n) is 2.95. The van der Waals surface area contributed by atoms with Gasteiger partial charge in [0.25, 0.3) is 0 Å². The summed E-state index contributed by atoms with van der Waals surface area (Å²) in [6.45, 7) is 5.55. The summed E-state index contributed by atoms with van der Waals surface area (Å²) in [5.74, 6) is -0.966. The van der Waals surface area contributed by atoms with Gasteiger partial charge in [-0.15, -0.1) is 0 Å². The van der Waals surface area contributed by atoms with Gasteiger partial charge >= 0.3 is 5.97 Å². The Morgan fingerprint density at radius 3 is 2.50 bits per heavy atom. The molecule has 5 heteroatoms. The van der Waals surface area contributed by atoms with Gasteiger partial charge in [0, 0.05) is 13.1 Å². The van der Waals surface area contributed by atoms with Crippen molar-refractivity contribution in [2.75, 3.05) is 18.0 Å². The second-order valence-electron chi connectivity index (χ2n) is 4.63. The molecule has 0 spiro atoms. The number of aromatic carboxylic acids is 1. The van der Waals surface area contributed by atoms with E-state index in [-0.39, 0.29) is 17.8 Å². The quantitative estimate of drug-likeness (QED) is 0.897. The van der Waals surface area contributed by atoms with Crippen molar-refractivity contribution in [3.05, 3.63) is 28.8 Å². The molecular weight excluding hydrogens is 254 g/mol. The van der Waals surface area contributed by atoms with Crippen LogP contribution in [-0.2, 0) is 4.74 Å². The molecule has 1 saturated heterocycles. The number of hydrogen-bond donors (Lipinski definition) is 1. The van der Waals surface area contributed by atoms with E-state index in [9.17, 15) is 4.79 Å². The molecule has 0 aromatic heterocycles. The maximum absolute atomic E-state index is 10.9. The average Bonchev–Trinajstić information content (AvgIpc) is 2.27. The van der Waals surface area contributed by atoms with Gasteiger partial charge in [0.1, 0.15) is 0 Å². The number of carboxylic acid groups (broad SMARTS) is 1. The van der Waals surface area contributed by atoms with E-state index in [4.69, 9.17) is 21.4 Å². The molecule has 2 unspecified atom stereocenters. The van der Waals surface area contributed by atoms with Gasteiger partial charge in [0.15, 0.2) is 0 Å². The largest absolute Gasteiger partial charge is 0.478 e. The van der Waals surface area contributed by atoms with Crippen LogP contribution in [-0.4, -0.2) is 36.4 Å². The molecule has 98 valence electrons. The molecule has 18 heavy (non-hydrogen) atoms. The fraction of sp³-hybridized carbons (Fsp3) is 0.462. The Balaban J connectivity index is 2.25. The number of anilines is 1. The maximum Gasteiger partial charge on any atom is 0.335 e. The minimum Gasteiger partial charge on any atom is -0.478 e. The topological polar surface area (TPSA) is 49.8 Å². The van der Waals surface area contributed by atoms with Gasteiger partial charge in [-0.1, -0.05) is 11.6 Å². The summed E-state index contributed by atoms with van der Waals surface area (Å²) < 4.78 is 5.66. The third-order valence-corrected chi connectivity index (χ3v) is 3.26. The molecule has 0 saturated carbocycles. The zero-order valence-corrected chi connectivity index (χ0v) is 11.1. The number of hydrogen-bond acceptors (Lipinski definition) is 3. The molecule has 1 aliphatic heterocycles. The summed E-state index contributed by atoms with van der Waals surface area (Å²) in [5, 5.41) is 9.37. The smallest absolute Gasteiger partial charge is 0.335 e. The van der Waals surface area contributed by atoms with Crippen LogP contribution in [0.3, 0.4) is 0 Å². The van der Waals surface area contributed by atoms with Crippen molar-refractivity contribution in [1.29, 1.82) is 0 Å². The lowest BCUT2D eigenvalue weighted by molar-refractivity contribution is -0.00521. The molecule has 0 radical (unpaired) electrons. The van der Waals surface area contributed by atoms with Crippen LogP contribution in [0.25, 0.3) is 0 Å². The van der Waals surface area contributed by atoms with Gasteiger partial charge < -0.3 is 14.7 Å². The SMILES string of the molecule is CC1CN(c2ccc(C(=O)O)cc2Cl)CC(C)O1. The molecule has 2 atom stereocenters. The summed E-state index contributed by atoms with van der Waals surface area (Å²) in [4.78, 5) is 13.0. The Morgan fingerprint density at radius 2 is 2.00 bits per heavy atom. The highest BCUT2D eigenvalue weighted by atomic mass is 35.5. The Labute approximate surface area is 111 Å². The van der Waals surface area contributed by atoms with E-state index in [1.54, 1.807) is 12.1 Å². The monoisotopic (exact) mass is 269 g/mol. The number of benzene rings is 1. The van der Waals surface area contributed by atoms with E-state index in [1.165, 1.54) is 6.07 Å². The molecule has 1 fully saturated rings. The van der Waals surface area contributed by atoms with Crippen LogP contribution >= 0.6 is 11.6 Å². The number of rotatable bonds is 2. The zero-order chi connectivity index (χ0) is 13.3. The summed E-state index contributed by atoms with van der Waals surface area (Å²) in [6, 6.07) is 4.83. The van der Waals surface area contributed by atoms with Crippen molar-refractivity contribution < 1.29 is 14.6 Å². The first kappa shape index (κ1) is 13.2. The predicted molar refractivity (Wildman–Crippen MR) is 70.6 cm³/mol. The second kappa shape index (κ2) is 5.16. The first-order valence-electron chi connectivity index (χ1n) is 5.90. The molecule has 4 nitrogen and oxygen atoms in total. The predicted octanol–water partition coefficient (Wildman–Crippen LogP) is 2.65. The number of carbonyl (C=O) groups is 1. The molecule has 0 bridgehead atoms. The normalized spacial score (nSPS) is 24.1. The van der Waals surface area contributed by atoms with Crippen molar-refractivity contribution in [3.8, 4) is 0 Å². The number of carboxylic acids is 1. The van der Waals surface area contributed by atoms with Crippen LogP contribution in [0.5, 0.6) is 0 Å². The van der Waals surface area contributed by atoms with Gasteiger partial charge in [0.2, 0.25) is 0 Å². The van der Waals surface area contributed by atoms with Crippen molar-refractivity contribution >= 4 is 23.3 Å². The lowest BCUT2D eigenvalue weighted by atomic mass is 10.1. The van der Waals surface area contributed by atoms with E-state index >= 15 is 0 Å². The first-order valence-corrected chi connectivity index (χ1v) is 6.28. The van der Waals surface area contributed by atoms with Crippen LogP contribution in [0.15, 0.2) is 18.2 Å². The maximum atomic E-state index is 10.9. The molecule has 1 aliphatic rings. The highest BCUT2D eigenvalue weighted by molar-refractivity contribution is 6.33. The van der Waals surface area contributed by atoms with Gasteiger partial charge in [-0.25, -0.2) is 4.79 Å². The molecule has 1 aromatic rings.